The molecule has 4 rings (SSSR count). The van der Waals surface area contributed by atoms with E-state index in [0.29, 0.717) is 40.7 Å². The van der Waals surface area contributed by atoms with Gasteiger partial charge in [0.05, 0.1) is 52.2 Å². The first kappa shape index (κ1) is 28.0. The van der Waals surface area contributed by atoms with Gasteiger partial charge in [-0.1, -0.05) is 6.07 Å². The molecule has 1 fully saturated rings. The summed E-state index contributed by atoms with van der Waals surface area (Å²) >= 11 is 0. The van der Waals surface area contributed by atoms with Crippen molar-refractivity contribution in [1.29, 1.82) is 5.26 Å². The highest BCUT2D eigenvalue weighted by Crippen LogP contribution is 2.32. The molecule has 0 aliphatic carbocycles. The number of hydrogen-bond donors (Lipinski definition) is 0. The van der Waals surface area contributed by atoms with Gasteiger partial charge in [-0.2, -0.15) is 5.26 Å². The molecule has 3 aromatic rings. The van der Waals surface area contributed by atoms with E-state index < -0.39 is 23.8 Å². The number of ether oxygens (including phenoxy) is 4. The molecule has 0 saturated carbocycles. The molecule has 1 aliphatic heterocycles. The zero-order chi connectivity index (χ0) is 28.8. The molecule has 40 heavy (non-hydrogen) atoms. The van der Waals surface area contributed by atoms with Gasteiger partial charge in [0.2, 0.25) is 5.91 Å². The first-order valence-corrected chi connectivity index (χ1v) is 12.5. The molecule has 0 radical (unpaired) electrons. The highest BCUT2D eigenvalue weighted by atomic mass is 16.5. The zero-order valence-electron chi connectivity index (χ0n) is 22.7. The fraction of sp³-hybridized carbons (Fsp3) is 0.267. The van der Waals surface area contributed by atoms with Gasteiger partial charge in [0.25, 0.3) is 11.8 Å². The maximum atomic E-state index is 13.9. The maximum absolute atomic E-state index is 13.9. The number of benzene rings is 3. The van der Waals surface area contributed by atoms with Gasteiger partial charge >= 0.3 is 0 Å². The molecule has 3 amide bonds. The number of nitriles is 1. The van der Waals surface area contributed by atoms with Crippen LogP contribution in [-0.4, -0.2) is 63.6 Å². The lowest BCUT2D eigenvalue weighted by Gasteiger charge is -2.28. The molecule has 0 spiro atoms. The summed E-state index contributed by atoms with van der Waals surface area (Å²) in [6.45, 7) is 0.146. The Morgan fingerprint density at radius 2 is 1.48 bits per heavy atom. The van der Waals surface area contributed by atoms with Gasteiger partial charge in [-0.3, -0.25) is 14.4 Å². The number of hydrogen-bond acceptors (Lipinski definition) is 8. The maximum Gasteiger partial charge on any atom is 0.257 e. The Labute approximate surface area is 232 Å². The van der Waals surface area contributed by atoms with Crippen molar-refractivity contribution in [1.82, 2.24) is 4.90 Å². The number of amides is 3. The predicted molar refractivity (Wildman–Crippen MR) is 146 cm³/mol. The SMILES string of the molecule is COc1ccc(CCN(C(=O)c2ccc(OC)c(OC)c2)C2CC(=O)N(c3ccc(C#N)cc3)C2=O)cc1OC. The lowest BCUT2D eigenvalue weighted by molar-refractivity contribution is -0.122. The van der Waals surface area contributed by atoms with Crippen molar-refractivity contribution < 1.29 is 33.3 Å². The van der Waals surface area contributed by atoms with Crippen molar-refractivity contribution in [2.75, 3.05) is 39.9 Å². The zero-order valence-corrected chi connectivity index (χ0v) is 22.7. The second kappa shape index (κ2) is 12.2. The van der Waals surface area contributed by atoms with Gasteiger partial charge in [-0.25, -0.2) is 4.90 Å². The van der Waals surface area contributed by atoms with Gasteiger partial charge in [0.15, 0.2) is 23.0 Å². The van der Waals surface area contributed by atoms with E-state index >= 15 is 0 Å². The van der Waals surface area contributed by atoms with Crippen LogP contribution in [0.5, 0.6) is 23.0 Å². The third-order valence-corrected chi connectivity index (χ3v) is 6.73. The molecule has 206 valence electrons. The summed E-state index contributed by atoms with van der Waals surface area (Å²) < 4.78 is 21.4. The van der Waals surface area contributed by atoms with Crippen LogP contribution in [0.2, 0.25) is 0 Å². The van der Waals surface area contributed by atoms with Gasteiger partial charge < -0.3 is 23.8 Å². The third-order valence-electron chi connectivity index (χ3n) is 6.73. The van der Waals surface area contributed by atoms with Gasteiger partial charge in [0.1, 0.15) is 6.04 Å². The van der Waals surface area contributed by atoms with Crippen molar-refractivity contribution in [3.05, 3.63) is 77.4 Å². The number of methoxy groups -OCH3 is 4. The number of rotatable bonds is 10. The second-order valence-electron chi connectivity index (χ2n) is 8.95. The molecular weight excluding hydrogens is 514 g/mol. The molecule has 1 unspecified atom stereocenters. The lowest BCUT2D eigenvalue weighted by atomic mass is 10.1. The number of carbonyl (C=O) groups is 3. The van der Waals surface area contributed by atoms with E-state index in [1.807, 2.05) is 18.2 Å². The third kappa shape index (κ3) is 5.54. The minimum Gasteiger partial charge on any atom is -0.493 e. The van der Waals surface area contributed by atoms with Crippen LogP contribution in [-0.2, 0) is 16.0 Å². The average molecular weight is 544 g/mol. The summed E-state index contributed by atoms with van der Waals surface area (Å²) in [5, 5.41) is 9.09. The van der Waals surface area contributed by atoms with Gasteiger partial charge in [-0.15, -0.1) is 0 Å². The van der Waals surface area contributed by atoms with Crippen LogP contribution in [0, 0.1) is 11.3 Å². The van der Waals surface area contributed by atoms with E-state index in [9.17, 15) is 14.4 Å². The van der Waals surface area contributed by atoms with Gasteiger partial charge in [-0.05, 0) is 66.6 Å². The largest absolute Gasteiger partial charge is 0.493 e. The first-order valence-electron chi connectivity index (χ1n) is 12.5. The van der Waals surface area contributed by atoms with Crippen molar-refractivity contribution in [3.8, 4) is 29.1 Å². The highest BCUT2D eigenvalue weighted by Gasteiger charge is 2.44. The molecule has 1 atom stereocenters. The molecule has 1 aliphatic rings. The molecule has 1 heterocycles. The van der Waals surface area contributed by atoms with Crippen molar-refractivity contribution >= 4 is 23.4 Å². The highest BCUT2D eigenvalue weighted by molar-refractivity contribution is 6.23. The van der Waals surface area contributed by atoms with E-state index in [0.717, 1.165) is 10.5 Å². The summed E-state index contributed by atoms with van der Waals surface area (Å²) in [5.41, 5.74) is 1.87. The molecule has 3 aromatic carbocycles. The minimum atomic E-state index is -1.02. The van der Waals surface area contributed by atoms with E-state index in [2.05, 4.69) is 0 Å². The Kier molecular flexibility index (Phi) is 8.54. The smallest absolute Gasteiger partial charge is 0.257 e. The standard InChI is InChI=1S/C30H29N3O7/c1-37-24-11-7-19(15-26(24)39-3)13-14-32(29(35)21-8-12-25(38-2)27(16-21)40-4)23-17-28(34)33(30(23)36)22-9-5-20(18-31)6-10-22/h5-12,15-16,23H,13-14,17H2,1-4H3. The van der Waals surface area contributed by atoms with E-state index in [1.54, 1.807) is 43.5 Å². The molecule has 0 N–H and O–H groups in total. The number of imide groups is 1. The van der Waals surface area contributed by atoms with Crippen molar-refractivity contribution in [3.63, 3.8) is 0 Å². The fourth-order valence-corrected chi connectivity index (χ4v) is 4.64. The monoisotopic (exact) mass is 543 g/mol. The van der Waals surface area contributed by atoms with Gasteiger partial charge in [0, 0.05) is 12.1 Å². The first-order chi connectivity index (χ1) is 19.3. The van der Waals surface area contributed by atoms with Crippen LogP contribution in [0.4, 0.5) is 5.69 Å². The van der Waals surface area contributed by atoms with E-state index in [1.165, 1.54) is 38.4 Å². The summed E-state index contributed by atoms with van der Waals surface area (Å²) in [6, 6.07) is 17.3. The van der Waals surface area contributed by atoms with Crippen LogP contribution in [0.3, 0.4) is 0 Å². The second-order valence-corrected chi connectivity index (χ2v) is 8.95. The van der Waals surface area contributed by atoms with Crippen LogP contribution < -0.4 is 23.8 Å². The Morgan fingerprint density at radius 1 is 0.875 bits per heavy atom. The average Bonchev–Trinajstić information content (AvgIpc) is 3.29. The van der Waals surface area contributed by atoms with Crippen molar-refractivity contribution in [2.45, 2.75) is 18.9 Å². The Hall–Kier alpha value is -5.04. The predicted octanol–water partition coefficient (Wildman–Crippen LogP) is 3.61. The molecule has 1 saturated heterocycles. The van der Waals surface area contributed by atoms with Crippen LogP contribution >= 0.6 is 0 Å². The van der Waals surface area contributed by atoms with Crippen LogP contribution in [0.1, 0.15) is 27.9 Å². The number of carbonyl (C=O) groups excluding carboxylic acids is 3. The quantitative estimate of drug-likeness (QED) is 0.356. The molecule has 10 heteroatoms. The summed E-state index contributed by atoms with van der Waals surface area (Å²) in [4.78, 5) is 43.1. The topological polar surface area (TPSA) is 118 Å². The Balaban J connectivity index is 1.67. The molecule has 0 aromatic heterocycles. The fourth-order valence-electron chi connectivity index (χ4n) is 4.64. The summed E-state index contributed by atoms with van der Waals surface area (Å²) in [7, 11) is 6.04. The summed E-state index contributed by atoms with van der Waals surface area (Å²) in [6.07, 6.45) is 0.206. The molecular formula is C30H29N3O7. The molecule has 0 bridgehead atoms. The normalized spacial score (nSPS) is 14.5. The number of anilines is 1. The minimum absolute atomic E-state index is 0.146. The number of nitrogens with zero attached hydrogens (tertiary/aromatic N) is 3. The van der Waals surface area contributed by atoms with Crippen LogP contribution in [0.15, 0.2) is 60.7 Å². The molecule has 10 nitrogen and oxygen atoms in total. The van der Waals surface area contributed by atoms with E-state index in [4.69, 9.17) is 24.2 Å². The van der Waals surface area contributed by atoms with Crippen molar-refractivity contribution in [2.24, 2.45) is 0 Å². The lowest BCUT2D eigenvalue weighted by Crippen LogP contribution is -2.46. The van der Waals surface area contributed by atoms with E-state index in [-0.39, 0.29) is 18.5 Å². The van der Waals surface area contributed by atoms with Crippen LogP contribution in [0.25, 0.3) is 0 Å². The summed E-state index contributed by atoms with van der Waals surface area (Å²) in [5.74, 6) is 0.535. The Morgan fingerprint density at radius 3 is 2.08 bits per heavy atom. The Bertz CT molecular complexity index is 1460.